The van der Waals surface area contributed by atoms with Gasteiger partial charge in [0.05, 0.1) is 6.42 Å². The molecule has 1 atom stereocenters. The third kappa shape index (κ3) is 3.28. The average Bonchev–Trinajstić information content (AvgIpc) is 2.89. The van der Waals surface area contributed by atoms with Crippen LogP contribution in [0.1, 0.15) is 18.1 Å². The Morgan fingerprint density at radius 2 is 2.22 bits per heavy atom. The van der Waals surface area contributed by atoms with E-state index in [0.29, 0.717) is 25.5 Å². The van der Waals surface area contributed by atoms with E-state index >= 15 is 0 Å². The molecule has 2 heterocycles. The van der Waals surface area contributed by atoms with Gasteiger partial charge >= 0.3 is 6.18 Å². The maximum absolute atomic E-state index is 12.0. The first-order chi connectivity index (χ1) is 8.45. The Bertz CT molecular complexity index is 424. The molecule has 0 bridgehead atoms. The Hall–Kier alpha value is -1.44. The Morgan fingerprint density at radius 3 is 2.83 bits per heavy atom. The number of ether oxygens (including phenoxy) is 1. The number of aromatic nitrogens is 2. The molecule has 1 aromatic rings. The lowest BCUT2D eigenvalue weighted by atomic mass is 10.1. The van der Waals surface area contributed by atoms with E-state index in [0.717, 1.165) is 6.42 Å². The van der Waals surface area contributed by atoms with Gasteiger partial charge in [-0.3, -0.25) is 4.79 Å². The third-order valence-electron chi connectivity index (χ3n) is 2.63. The van der Waals surface area contributed by atoms with Crippen LogP contribution >= 0.6 is 0 Å². The van der Waals surface area contributed by atoms with E-state index in [4.69, 9.17) is 4.74 Å². The molecule has 5 nitrogen and oxygen atoms in total. The average molecular weight is 264 g/mol. The van der Waals surface area contributed by atoms with Crippen molar-refractivity contribution in [3.8, 4) is 0 Å². The van der Waals surface area contributed by atoms with E-state index in [1.54, 1.807) is 0 Å². The fraction of sp³-hybridized carbons (Fsp3) is 0.700. The number of halogens is 3. The van der Waals surface area contributed by atoms with Crippen LogP contribution in [0, 0.1) is 5.92 Å². The SMILES string of the molecule is O=C(Cc1nc(CC2CCOC2)no1)C(F)(F)F. The van der Waals surface area contributed by atoms with Gasteiger partial charge in [0.25, 0.3) is 0 Å². The predicted molar refractivity (Wildman–Crippen MR) is 51.7 cm³/mol. The van der Waals surface area contributed by atoms with Gasteiger partial charge in [-0.25, -0.2) is 0 Å². The summed E-state index contributed by atoms with van der Waals surface area (Å²) in [4.78, 5) is 14.5. The molecule has 100 valence electrons. The standard InChI is InChI=1S/C10H11F3N2O3/c11-10(12,13)7(16)4-9-14-8(15-18-9)3-6-1-2-17-5-6/h6H,1-5H2. The zero-order valence-corrected chi connectivity index (χ0v) is 9.37. The van der Waals surface area contributed by atoms with E-state index in [1.165, 1.54) is 0 Å². The van der Waals surface area contributed by atoms with Crippen LogP contribution in [-0.4, -0.2) is 35.3 Å². The van der Waals surface area contributed by atoms with Crippen molar-refractivity contribution < 1.29 is 27.2 Å². The summed E-state index contributed by atoms with van der Waals surface area (Å²) in [5, 5.41) is 3.55. The Labute approximate surface area is 100 Å². The van der Waals surface area contributed by atoms with Crippen LogP contribution in [0.15, 0.2) is 4.52 Å². The monoisotopic (exact) mass is 264 g/mol. The van der Waals surface area contributed by atoms with Gasteiger partial charge in [0.2, 0.25) is 11.7 Å². The van der Waals surface area contributed by atoms with Crippen LogP contribution in [0.5, 0.6) is 0 Å². The van der Waals surface area contributed by atoms with Gasteiger partial charge in [0.15, 0.2) is 5.82 Å². The quantitative estimate of drug-likeness (QED) is 0.820. The molecule has 0 spiro atoms. The van der Waals surface area contributed by atoms with Gasteiger partial charge in [0.1, 0.15) is 0 Å². The minimum atomic E-state index is -4.87. The molecule has 0 aliphatic carbocycles. The Kier molecular flexibility index (Phi) is 3.65. The van der Waals surface area contributed by atoms with Crippen LogP contribution in [0.25, 0.3) is 0 Å². The summed E-state index contributed by atoms with van der Waals surface area (Å²) in [7, 11) is 0. The lowest BCUT2D eigenvalue weighted by Crippen LogP contribution is -2.24. The zero-order valence-electron chi connectivity index (χ0n) is 9.37. The highest BCUT2D eigenvalue weighted by atomic mass is 19.4. The van der Waals surface area contributed by atoms with E-state index in [1.807, 2.05) is 0 Å². The molecule has 0 amide bonds. The number of nitrogens with zero attached hydrogens (tertiary/aromatic N) is 2. The molecule has 0 radical (unpaired) electrons. The summed E-state index contributed by atoms with van der Waals surface area (Å²) in [5.74, 6) is -1.61. The highest BCUT2D eigenvalue weighted by Crippen LogP contribution is 2.19. The van der Waals surface area contributed by atoms with Crippen molar-refractivity contribution in [2.45, 2.75) is 25.4 Å². The number of hydrogen-bond acceptors (Lipinski definition) is 5. The van der Waals surface area contributed by atoms with E-state index in [2.05, 4.69) is 14.7 Å². The lowest BCUT2D eigenvalue weighted by molar-refractivity contribution is -0.170. The van der Waals surface area contributed by atoms with Gasteiger partial charge in [-0.15, -0.1) is 0 Å². The summed E-state index contributed by atoms with van der Waals surface area (Å²) >= 11 is 0. The van der Waals surface area contributed by atoms with E-state index < -0.39 is 18.4 Å². The molecule has 8 heteroatoms. The molecule has 1 saturated heterocycles. The number of carbonyl (C=O) groups is 1. The number of hydrogen-bond donors (Lipinski definition) is 0. The van der Waals surface area contributed by atoms with Gasteiger partial charge in [0, 0.05) is 19.6 Å². The molecule has 1 fully saturated rings. The highest BCUT2D eigenvalue weighted by molar-refractivity contribution is 5.85. The molecular formula is C10H11F3N2O3. The van der Waals surface area contributed by atoms with Crippen molar-refractivity contribution in [1.82, 2.24) is 10.1 Å². The van der Waals surface area contributed by atoms with Gasteiger partial charge in [-0.1, -0.05) is 5.16 Å². The van der Waals surface area contributed by atoms with Crippen LogP contribution in [-0.2, 0) is 22.4 Å². The van der Waals surface area contributed by atoms with Crippen molar-refractivity contribution in [2.24, 2.45) is 5.92 Å². The second-order valence-electron chi connectivity index (χ2n) is 4.14. The smallest absolute Gasteiger partial charge is 0.381 e. The van der Waals surface area contributed by atoms with Crippen molar-refractivity contribution in [1.29, 1.82) is 0 Å². The first kappa shape index (κ1) is 13.0. The van der Waals surface area contributed by atoms with Crippen LogP contribution < -0.4 is 0 Å². The molecule has 0 saturated carbocycles. The van der Waals surface area contributed by atoms with Crippen molar-refractivity contribution in [3.05, 3.63) is 11.7 Å². The normalized spacial score (nSPS) is 20.3. The lowest BCUT2D eigenvalue weighted by Gasteiger charge is -2.01. The summed E-state index contributed by atoms with van der Waals surface area (Å²) in [5.41, 5.74) is 0. The highest BCUT2D eigenvalue weighted by Gasteiger charge is 2.39. The van der Waals surface area contributed by atoms with Crippen molar-refractivity contribution in [3.63, 3.8) is 0 Å². The molecule has 1 aliphatic rings. The molecule has 1 aromatic heterocycles. The second-order valence-corrected chi connectivity index (χ2v) is 4.14. The molecule has 2 rings (SSSR count). The molecule has 1 aliphatic heterocycles. The number of alkyl halides is 3. The van der Waals surface area contributed by atoms with Crippen molar-refractivity contribution >= 4 is 5.78 Å². The fourth-order valence-electron chi connectivity index (χ4n) is 1.68. The molecule has 1 unspecified atom stereocenters. The van der Waals surface area contributed by atoms with Gasteiger partial charge in [-0.2, -0.15) is 18.2 Å². The number of carbonyl (C=O) groups excluding carboxylic acids is 1. The maximum atomic E-state index is 12.0. The molecule has 18 heavy (non-hydrogen) atoms. The molecule has 0 N–H and O–H groups in total. The minimum Gasteiger partial charge on any atom is -0.381 e. The van der Waals surface area contributed by atoms with E-state index in [9.17, 15) is 18.0 Å². The minimum absolute atomic E-state index is 0.258. The maximum Gasteiger partial charge on any atom is 0.450 e. The second kappa shape index (κ2) is 5.05. The molecule has 0 aromatic carbocycles. The van der Waals surface area contributed by atoms with Crippen LogP contribution in [0.4, 0.5) is 13.2 Å². The Morgan fingerprint density at radius 1 is 1.44 bits per heavy atom. The number of Topliss-reactive ketones (excluding diaryl/α,β-unsaturated/α-hetero) is 1. The van der Waals surface area contributed by atoms with Gasteiger partial charge in [-0.05, 0) is 12.3 Å². The third-order valence-corrected chi connectivity index (χ3v) is 2.63. The first-order valence-electron chi connectivity index (χ1n) is 5.44. The van der Waals surface area contributed by atoms with E-state index in [-0.39, 0.29) is 11.8 Å². The summed E-state index contributed by atoms with van der Waals surface area (Å²) in [6.07, 6.45) is -4.42. The topological polar surface area (TPSA) is 65.2 Å². The number of ketones is 1. The first-order valence-corrected chi connectivity index (χ1v) is 5.44. The van der Waals surface area contributed by atoms with Crippen LogP contribution in [0.2, 0.25) is 0 Å². The predicted octanol–water partition coefficient (Wildman–Crippen LogP) is 1.32. The summed E-state index contributed by atoms with van der Waals surface area (Å²) in [6, 6.07) is 0. The largest absolute Gasteiger partial charge is 0.450 e. The van der Waals surface area contributed by atoms with Crippen molar-refractivity contribution in [2.75, 3.05) is 13.2 Å². The fourth-order valence-corrected chi connectivity index (χ4v) is 1.68. The summed E-state index contributed by atoms with van der Waals surface area (Å²) < 4.78 is 45.8. The number of rotatable bonds is 4. The summed E-state index contributed by atoms with van der Waals surface area (Å²) in [6.45, 7) is 1.26. The Balaban J connectivity index is 1.91. The van der Waals surface area contributed by atoms with Gasteiger partial charge < -0.3 is 9.26 Å². The zero-order chi connectivity index (χ0) is 13.2. The molecular weight excluding hydrogens is 253 g/mol. The van der Waals surface area contributed by atoms with Crippen LogP contribution in [0.3, 0.4) is 0 Å².